The number of nitriles is 1. The molecule has 196 valence electrons. The summed E-state index contributed by atoms with van der Waals surface area (Å²) < 4.78 is 5.32. The highest BCUT2D eigenvalue weighted by molar-refractivity contribution is 7.14. The molecule has 4 aliphatic carbocycles. The predicted molar refractivity (Wildman–Crippen MR) is 143 cm³/mol. The van der Waals surface area contributed by atoms with Gasteiger partial charge in [0.25, 0.3) is 5.91 Å². The highest BCUT2D eigenvalue weighted by atomic mass is 35.5. The molecule has 4 fully saturated rings. The standard InChI is InChI=1S/C27H32ClN5O3S/c1-16(31-20-10-18(28)11-30-25(20)36-2)21-7-8-22(37-21)24(35)32-19(9-17-5-3-4-6-17)23(34)33-27-12-26(13-27,14-27)15-29/h7-8,10-11,16-17,19,31H,3-6,9,12-14H2,1-2H3,(H,32,35)(H,33,34)/t16-,19+,26?,27?/m1/s1. The van der Waals surface area contributed by atoms with Crippen LogP contribution in [0.2, 0.25) is 5.02 Å². The zero-order valence-electron chi connectivity index (χ0n) is 21.1. The second kappa shape index (κ2) is 10.1. The number of amides is 2. The molecule has 0 saturated heterocycles. The molecule has 0 radical (unpaired) electrons. The molecule has 37 heavy (non-hydrogen) atoms. The topological polar surface area (TPSA) is 116 Å². The lowest BCUT2D eigenvalue weighted by atomic mass is 9.40. The molecule has 2 bridgehead atoms. The highest BCUT2D eigenvalue weighted by Gasteiger charge is 2.69. The van der Waals surface area contributed by atoms with Gasteiger partial charge in [-0.05, 0) is 56.7 Å². The quantitative estimate of drug-likeness (QED) is 0.380. The summed E-state index contributed by atoms with van der Waals surface area (Å²) in [5.41, 5.74) is 0.182. The van der Waals surface area contributed by atoms with Gasteiger partial charge in [-0.1, -0.05) is 37.3 Å². The van der Waals surface area contributed by atoms with Gasteiger partial charge in [0.2, 0.25) is 11.8 Å². The number of hydrogen-bond donors (Lipinski definition) is 3. The van der Waals surface area contributed by atoms with E-state index >= 15 is 0 Å². The summed E-state index contributed by atoms with van der Waals surface area (Å²) in [5.74, 6) is 0.517. The molecule has 2 aromatic rings. The van der Waals surface area contributed by atoms with Gasteiger partial charge in [-0.3, -0.25) is 9.59 Å². The molecule has 8 nitrogen and oxygen atoms in total. The van der Waals surface area contributed by atoms with E-state index < -0.39 is 6.04 Å². The van der Waals surface area contributed by atoms with Crippen molar-refractivity contribution in [3.8, 4) is 11.9 Å². The maximum Gasteiger partial charge on any atom is 0.262 e. The maximum atomic E-state index is 13.3. The molecule has 0 spiro atoms. The minimum absolute atomic E-state index is 0.116. The molecule has 2 heterocycles. The van der Waals surface area contributed by atoms with E-state index in [2.05, 4.69) is 27.0 Å². The average molecular weight is 542 g/mol. The number of hydrogen-bond acceptors (Lipinski definition) is 7. The predicted octanol–water partition coefficient (Wildman–Crippen LogP) is 5.22. The number of carbonyl (C=O) groups is 2. The number of aromatic nitrogens is 1. The molecular weight excluding hydrogens is 510 g/mol. The van der Waals surface area contributed by atoms with Crippen molar-refractivity contribution in [1.29, 1.82) is 5.26 Å². The van der Waals surface area contributed by atoms with Crippen molar-refractivity contribution in [3.05, 3.63) is 39.2 Å². The molecule has 4 saturated carbocycles. The Bertz CT molecular complexity index is 1220. The number of nitrogens with one attached hydrogen (secondary N) is 3. The van der Waals surface area contributed by atoms with Gasteiger partial charge >= 0.3 is 0 Å². The van der Waals surface area contributed by atoms with Gasteiger partial charge < -0.3 is 20.7 Å². The first-order valence-electron chi connectivity index (χ1n) is 12.8. The Morgan fingerprint density at radius 3 is 2.70 bits per heavy atom. The van der Waals surface area contributed by atoms with Crippen LogP contribution >= 0.6 is 22.9 Å². The van der Waals surface area contributed by atoms with Crippen LogP contribution in [0.5, 0.6) is 5.88 Å². The SMILES string of the molecule is COc1ncc(Cl)cc1N[C@H](C)c1ccc(C(=O)N[C@@H](CC2CCCC2)C(=O)NC23CC(C#N)(C2)C3)s1. The molecule has 4 aliphatic rings. The van der Waals surface area contributed by atoms with Crippen LogP contribution in [0.3, 0.4) is 0 Å². The van der Waals surface area contributed by atoms with Gasteiger partial charge in [0, 0.05) is 16.6 Å². The van der Waals surface area contributed by atoms with Crippen molar-refractivity contribution in [2.75, 3.05) is 12.4 Å². The van der Waals surface area contributed by atoms with Gasteiger partial charge in [0.05, 0.1) is 40.2 Å². The molecule has 2 amide bonds. The molecule has 0 unspecified atom stereocenters. The maximum absolute atomic E-state index is 13.3. The Kier molecular flexibility index (Phi) is 7.08. The lowest BCUT2D eigenvalue weighted by Gasteiger charge is -2.67. The minimum Gasteiger partial charge on any atom is -0.480 e. The van der Waals surface area contributed by atoms with E-state index in [4.69, 9.17) is 16.3 Å². The fraction of sp³-hybridized carbons (Fsp3) is 0.556. The van der Waals surface area contributed by atoms with E-state index in [1.807, 2.05) is 13.0 Å². The van der Waals surface area contributed by atoms with Crippen LogP contribution in [0.4, 0.5) is 5.69 Å². The van der Waals surface area contributed by atoms with Crippen LogP contribution in [-0.4, -0.2) is 35.5 Å². The highest BCUT2D eigenvalue weighted by Crippen LogP contribution is 2.66. The second-order valence-corrected chi connectivity index (χ2v) is 12.4. The number of carbonyl (C=O) groups excluding carboxylic acids is 2. The van der Waals surface area contributed by atoms with Gasteiger partial charge in [0.15, 0.2) is 0 Å². The van der Waals surface area contributed by atoms with Crippen LogP contribution in [-0.2, 0) is 4.79 Å². The molecule has 2 atom stereocenters. The van der Waals surface area contributed by atoms with Crippen molar-refractivity contribution < 1.29 is 14.3 Å². The Labute approximate surface area is 226 Å². The Hall–Kier alpha value is -2.83. The van der Waals surface area contributed by atoms with E-state index in [9.17, 15) is 14.9 Å². The lowest BCUT2D eigenvalue weighted by molar-refractivity contribution is -0.146. The summed E-state index contributed by atoms with van der Waals surface area (Å²) in [6, 6.07) is 7.14. The van der Waals surface area contributed by atoms with Crippen LogP contribution in [0.15, 0.2) is 24.4 Å². The van der Waals surface area contributed by atoms with E-state index in [0.29, 0.717) is 33.8 Å². The summed E-state index contributed by atoms with van der Waals surface area (Å²) in [7, 11) is 1.55. The van der Waals surface area contributed by atoms with Crippen molar-refractivity contribution in [1.82, 2.24) is 15.6 Å². The summed E-state index contributed by atoms with van der Waals surface area (Å²) >= 11 is 7.48. The average Bonchev–Trinajstić information content (AvgIpc) is 3.52. The largest absolute Gasteiger partial charge is 0.480 e. The van der Waals surface area contributed by atoms with Crippen molar-refractivity contribution >= 4 is 40.4 Å². The molecule has 2 aromatic heterocycles. The number of ether oxygens (including phenoxy) is 1. The molecule has 6 rings (SSSR count). The number of nitrogens with zero attached hydrogens (tertiary/aromatic N) is 2. The third-order valence-electron chi connectivity index (χ3n) is 7.98. The summed E-state index contributed by atoms with van der Waals surface area (Å²) in [4.78, 5) is 32.2. The van der Waals surface area contributed by atoms with E-state index in [1.165, 1.54) is 30.4 Å². The second-order valence-electron chi connectivity index (χ2n) is 10.9. The monoisotopic (exact) mass is 541 g/mol. The first-order chi connectivity index (χ1) is 17.7. The van der Waals surface area contributed by atoms with Crippen molar-refractivity contribution in [2.45, 2.75) is 75.9 Å². The third-order valence-corrected chi connectivity index (χ3v) is 9.46. The van der Waals surface area contributed by atoms with Gasteiger partial charge in [-0.2, -0.15) is 5.26 Å². The smallest absolute Gasteiger partial charge is 0.262 e. The zero-order chi connectivity index (χ0) is 26.2. The van der Waals surface area contributed by atoms with E-state index in [1.54, 1.807) is 19.2 Å². The van der Waals surface area contributed by atoms with Crippen molar-refractivity contribution in [3.63, 3.8) is 0 Å². The molecule has 10 heteroatoms. The van der Waals surface area contributed by atoms with Crippen LogP contribution in [0, 0.1) is 22.7 Å². The number of halogens is 1. The first kappa shape index (κ1) is 25.8. The minimum atomic E-state index is -0.578. The Morgan fingerprint density at radius 2 is 2.03 bits per heavy atom. The molecule has 0 aromatic carbocycles. The van der Waals surface area contributed by atoms with Gasteiger partial charge in [-0.25, -0.2) is 4.98 Å². The lowest BCUT2D eigenvalue weighted by Crippen LogP contribution is -2.75. The Morgan fingerprint density at radius 1 is 1.30 bits per heavy atom. The normalized spacial score (nSPS) is 25.7. The van der Waals surface area contributed by atoms with Crippen LogP contribution in [0.25, 0.3) is 0 Å². The summed E-state index contributed by atoms with van der Waals surface area (Å²) in [6.45, 7) is 1.99. The molecule has 0 aliphatic heterocycles. The Balaban J connectivity index is 1.24. The fourth-order valence-corrected chi connectivity index (χ4v) is 7.20. The molecule has 3 N–H and O–H groups in total. The van der Waals surface area contributed by atoms with Gasteiger partial charge in [0.1, 0.15) is 6.04 Å². The van der Waals surface area contributed by atoms with Crippen molar-refractivity contribution in [2.24, 2.45) is 11.3 Å². The van der Waals surface area contributed by atoms with E-state index in [-0.39, 0.29) is 28.8 Å². The fourth-order valence-electron chi connectivity index (χ4n) is 6.13. The number of methoxy groups -OCH3 is 1. The number of pyridine rings is 1. The zero-order valence-corrected chi connectivity index (χ0v) is 22.7. The summed E-state index contributed by atoms with van der Waals surface area (Å²) in [5, 5.41) is 19.3. The van der Waals surface area contributed by atoms with E-state index in [0.717, 1.165) is 37.0 Å². The van der Waals surface area contributed by atoms with Crippen LogP contribution in [0.1, 0.15) is 78.9 Å². The third kappa shape index (κ3) is 5.27. The van der Waals surface area contributed by atoms with Crippen LogP contribution < -0.4 is 20.7 Å². The number of anilines is 1. The van der Waals surface area contributed by atoms with Gasteiger partial charge in [-0.15, -0.1) is 11.3 Å². The number of rotatable bonds is 10. The summed E-state index contributed by atoms with van der Waals surface area (Å²) in [6.07, 6.45) is 8.87. The number of thiophene rings is 1. The molecular formula is C27H32ClN5O3S. The first-order valence-corrected chi connectivity index (χ1v) is 14.0.